The van der Waals surface area contributed by atoms with Crippen LogP contribution < -0.4 is 0 Å². The number of piperidine rings is 1. The summed E-state index contributed by atoms with van der Waals surface area (Å²) < 4.78 is 32.2. The van der Waals surface area contributed by atoms with E-state index < -0.39 is 22.1 Å². The lowest BCUT2D eigenvalue weighted by Gasteiger charge is -2.32. The van der Waals surface area contributed by atoms with Crippen LogP contribution in [0, 0.1) is 5.92 Å². The molecule has 1 fully saturated rings. The monoisotopic (exact) mass is 302 g/mol. The molecule has 1 atom stereocenters. The molecule has 0 spiro atoms. The zero-order valence-electron chi connectivity index (χ0n) is 11.2. The number of rotatable bonds is 5. The van der Waals surface area contributed by atoms with Crippen molar-refractivity contribution in [3.05, 3.63) is 24.2 Å². The first kappa shape index (κ1) is 15.0. The smallest absolute Gasteiger partial charge is 0.307 e. The number of carboxylic acids is 1. The highest BCUT2D eigenvalue weighted by Gasteiger charge is 2.34. The predicted molar refractivity (Wildman–Crippen MR) is 71.0 cm³/mol. The molecule has 1 aromatic heterocycles. The first-order chi connectivity index (χ1) is 9.41. The zero-order chi connectivity index (χ0) is 14.8. The average molecular weight is 302 g/mol. The summed E-state index contributed by atoms with van der Waals surface area (Å²) in [5.41, 5.74) is 0.753. The van der Waals surface area contributed by atoms with Crippen molar-refractivity contribution < 1.29 is 22.7 Å². The minimum Gasteiger partial charge on any atom is -0.481 e. The summed E-state index contributed by atoms with van der Waals surface area (Å²) in [5.74, 6) is -1.57. The Hall–Kier alpha value is -1.38. The molecule has 2 rings (SSSR count). The Morgan fingerprint density at radius 1 is 1.60 bits per heavy atom. The molecule has 7 nitrogen and oxygen atoms in total. The van der Waals surface area contributed by atoms with Gasteiger partial charge in [-0.15, -0.1) is 0 Å². The number of hydrogen-bond acceptors (Lipinski definition) is 4. The van der Waals surface area contributed by atoms with E-state index in [1.807, 2.05) is 0 Å². The van der Waals surface area contributed by atoms with Gasteiger partial charge < -0.3 is 9.52 Å². The van der Waals surface area contributed by atoms with Crippen molar-refractivity contribution in [1.82, 2.24) is 8.61 Å². The van der Waals surface area contributed by atoms with E-state index in [4.69, 9.17) is 9.52 Å². The average Bonchev–Trinajstić information content (AvgIpc) is 2.91. The number of aliphatic carboxylic acids is 1. The Bertz CT molecular complexity index is 554. The van der Waals surface area contributed by atoms with Crippen LogP contribution in [0.1, 0.15) is 18.4 Å². The van der Waals surface area contributed by atoms with Crippen LogP contribution in [-0.4, -0.2) is 48.2 Å². The molecular formula is C12H18N2O5S. The van der Waals surface area contributed by atoms with Crippen molar-refractivity contribution in [3.8, 4) is 0 Å². The van der Waals surface area contributed by atoms with E-state index in [2.05, 4.69) is 0 Å². The normalized spacial score (nSPS) is 21.2. The molecule has 0 amide bonds. The van der Waals surface area contributed by atoms with Gasteiger partial charge in [-0.2, -0.15) is 17.0 Å². The molecule has 2 heterocycles. The number of carboxylic acid groups (broad SMARTS) is 1. The zero-order valence-corrected chi connectivity index (χ0v) is 12.0. The Kier molecular flexibility index (Phi) is 4.46. The maximum Gasteiger partial charge on any atom is 0.307 e. The minimum absolute atomic E-state index is 0.0351. The van der Waals surface area contributed by atoms with Gasteiger partial charge in [0.15, 0.2) is 0 Å². The largest absolute Gasteiger partial charge is 0.481 e. The van der Waals surface area contributed by atoms with Gasteiger partial charge >= 0.3 is 5.97 Å². The van der Waals surface area contributed by atoms with Crippen LogP contribution in [0.2, 0.25) is 0 Å². The topological polar surface area (TPSA) is 91.1 Å². The van der Waals surface area contributed by atoms with Crippen molar-refractivity contribution >= 4 is 16.2 Å². The number of hydrogen-bond donors (Lipinski definition) is 1. The molecule has 1 unspecified atom stereocenters. The second-order valence-electron chi connectivity index (χ2n) is 4.93. The quantitative estimate of drug-likeness (QED) is 0.866. The Balaban J connectivity index is 2.07. The third kappa shape index (κ3) is 3.20. The maximum atomic E-state index is 12.4. The molecule has 20 heavy (non-hydrogen) atoms. The molecule has 0 saturated carbocycles. The van der Waals surface area contributed by atoms with Gasteiger partial charge in [-0.05, 0) is 18.9 Å². The fourth-order valence-corrected chi connectivity index (χ4v) is 3.71. The molecule has 1 aliphatic rings. The van der Waals surface area contributed by atoms with E-state index >= 15 is 0 Å². The van der Waals surface area contributed by atoms with E-state index in [9.17, 15) is 13.2 Å². The highest BCUT2D eigenvalue weighted by molar-refractivity contribution is 7.86. The van der Waals surface area contributed by atoms with Gasteiger partial charge in [0.05, 0.1) is 18.4 Å². The van der Waals surface area contributed by atoms with Crippen LogP contribution in [0.15, 0.2) is 23.0 Å². The summed E-state index contributed by atoms with van der Waals surface area (Å²) in [6.07, 6.45) is 4.06. The molecule has 0 bridgehead atoms. The van der Waals surface area contributed by atoms with E-state index in [0.29, 0.717) is 19.4 Å². The molecular weight excluding hydrogens is 284 g/mol. The van der Waals surface area contributed by atoms with E-state index in [1.54, 1.807) is 6.07 Å². The van der Waals surface area contributed by atoms with Crippen molar-refractivity contribution in [2.75, 3.05) is 20.1 Å². The summed E-state index contributed by atoms with van der Waals surface area (Å²) in [6, 6.07) is 1.70. The van der Waals surface area contributed by atoms with E-state index in [1.165, 1.54) is 28.2 Å². The second kappa shape index (κ2) is 5.94. The van der Waals surface area contributed by atoms with Crippen LogP contribution in [0.25, 0.3) is 0 Å². The SMILES string of the molecule is CN(Cc1ccoc1)S(=O)(=O)N1CCCC(C(=O)O)C1. The predicted octanol–water partition coefficient (Wildman–Crippen LogP) is 0.753. The molecule has 0 aromatic carbocycles. The lowest BCUT2D eigenvalue weighted by atomic mass is 10.0. The highest BCUT2D eigenvalue weighted by Crippen LogP contribution is 2.21. The van der Waals surface area contributed by atoms with Crippen LogP contribution in [0.3, 0.4) is 0 Å². The van der Waals surface area contributed by atoms with Crippen LogP contribution in [0.4, 0.5) is 0 Å². The molecule has 8 heteroatoms. The Morgan fingerprint density at radius 3 is 2.95 bits per heavy atom. The number of carbonyl (C=O) groups is 1. The summed E-state index contributed by atoms with van der Waals surface area (Å²) in [5, 5.41) is 9.02. The molecule has 1 aliphatic heterocycles. The van der Waals surface area contributed by atoms with Gasteiger partial charge in [-0.1, -0.05) is 0 Å². The van der Waals surface area contributed by atoms with Crippen molar-refractivity contribution in [3.63, 3.8) is 0 Å². The van der Waals surface area contributed by atoms with E-state index in [-0.39, 0.29) is 13.1 Å². The van der Waals surface area contributed by atoms with Crippen molar-refractivity contribution in [1.29, 1.82) is 0 Å². The summed E-state index contributed by atoms with van der Waals surface area (Å²) in [6.45, 7) is 0.600. The molecule has 1 aromatic rings. The first-order valence-corrected chi connectivity index (χ1v) is 7.76. The fourth-order valence-electron chi connectivity index (χ4n) is 2.27. The standard InChI is InChI=1S/C12H18N2O5S/c1-13(7-10-4-6-19-9-10)20(17,18)14-5-2-3-11(8-14)12(15)16/h4,6,9,11H,2-3,5,7-8H2,1H3,(H,15,16). The Morgan fingerprint density at radius 2 is 2.35 bits per heavy atom. The summed E-state index contributed by atoms with van der Waals surface area (Å²) in [7, 11) is -2.16. The van der Waals surface area contributed by atoms with Gasteiger partial charge in [0.1, 0.15) is 0 Å². The van der Waals surface area contributed by atoms with Gasteiger partial charge in [0.25, 0.3) is 10.2 Å². The number of furan rings is 1. The van der Waals surface area contributed by atoms with Gasteiger partial charge in [0, 0.05) is 32.2 Å². The molecule has 0 radical (unpaired) electrons. The van der Waals surface area contributed by atoms with Crippen LogP contribution >= 0.6 is 0 Å². The fraction of sp³-hybridized carbons (Fsp3) is 0.583. The third-order valence-corrected chi connectivity index (χ3v) is 5.34. The molecule has 0 aliphatic carbocycles. The van der Waals surface area contributed by atoms with Crippen LogP contribution in [-0.2, 0) is 21.5 Å². The first-order valence-electron chi connectivity index (χ1n) is 6.36. The van der Waals surface area contributed by atoms with E-state index in [0.717, 1.165) is 5.56 Å². The highest BCUT2D eigenvalue weighted by atomic mass is 32.2. The van der Waals surface area contributed by atoms with Gasteiger partial charge in [-0.3, -0.25) is 4.79 Å². The van der Waals surface area contributed by atoms with Crippen molar-refractivity contribution in [2.45, 2.75) is 19.4 Å². The second-order valence-corrected chi connectivity index (χ2v) is 6.97. The molecule has 1 N–H and O–H groups in total. The van der Waals surface area contributed by atoms with Crippen molar-refractivity contribution in [2.24, 2.45) is 5.92 Å². The summed E-state index contributed by atoms with van der Waals surface area (Å²) in [4.78, 5) is 11.0. The minimum atomic E-state index is -3.64. The summed E-state index contributed by atoms with van der Waals surface area (Å²) >= 11 is 0. The molecule has 1 saturated heterocycles. The lowest BCUT2D eigenvalue weighted by Crippen LogP contribution is -2.47. The lowest BCUT2D eigenvalue weighted by molar-refractivity contribution is -0.142. The number of nitrogens with zero attached hydrogens (tertiary/aromatic N) is 2. The van der Waals surface area contributed by atoms with Gasteiger partial charge in [0.2, 0.25) is 0 Å². The molecule has 112 valence electrons. The van der Waals surface area contributed by atoms with Gasteiger partial charge in [-0.25, -0.2) is 0 Å². The third-order valence-electron chi connectivity index (χ3n) is 3.44. The van der Waals surface area contributed by atoms with Crippen LogP contribution in [0.5, 0.6) is 0 Å². The Labute approximate surface area is 118 Å². The maximum absolute atomic E-state index is 12.4.